The number of hydrogen-bond acceptors (Lipinski definition) is 5. The number of thiophene rings is 1. The zero-order valence-electron chi connectivity index (χ0n) is 19.4. The van der Waals surface area contributed by atoms with Crippen LogP contribution in [0.4, 0.5) is 5.69 Å². The van der Waals surface area contributed by atoms with Crippen LogP contribution in [0, 0.1) is 13.8 Å². The van der Waals surface area contributed by atoms with Crippen LogP contribution in [0.3, 0.4) is 0 Å². The Labute approximate surface area is 203 Å². The van der Waals surface area contributed by atoms with Crippen LogP contribution in [0.15, 0.2) is 58.5 Å². The number of nitrogens with one attached hydrogen (secondary N) is 2. The lowest BCUT2D eigenvalue weighted by Gasteiger charge is -2.32. The zero-order chi connectivity index (χ0) is 24.1. The molecule has 1 aromatic carbocycles. The number of aryl methyl sites for hydroxylation is 2. The predicted octanol–water partition coefficient (Wildman–Crippen LogP) is 4.52. The van der Waals surface area contributed by atoms with Crippen LogP contribution in [0.2, 0.25) is 0 Å². The molecular formula is C26H29N3O4S. The summed E-state index contributed by atoms with van der Waals surface area (Å²) < 4.78 is 5.65. The lowest BCUT2D eigenvalue weighted by molar-refractivity contribution is -0.127. The molecule has 1 atom stereocenters. The van der Waals surface area contributed by atoms with Gasteiger partial charge in [0.05, 0.1) is 17.7 Å². The summed E-state index contributed by atoms with van der Waals surface area (Å²) >= 11 is 1.30. The molecule has 0 radical (unpaired) electrons. The second-order valence-electron chi connectivity index (χ2n) is 8.62. The fourth-order valence-corrected chi connectivity index (χ4v) is 4.94. The third kappa shape index (κ3) is 5.39. The van der Waals surface area contributed by atoms with Crippen molar-refractivity contribution >= 4 is 34.7 Å². The van der Waals surface area contributed by atoms with Crippen LogP contribution in [-0.4, -0.2) is 30.3 Å². The van der Waals surface area contributed by atoms with Gasteiger partial charge >= 0.3 is 0 Å². The number of nitrogens with zero attached hydrogens (tertiary/aromatic N) is 1. The number of rotatable bonds is 8. The standard InChI is InChI=1S/C26H29N3O4S/c1-17-11-12-18(2)20(15-17)29(23(30)16-27-25(31)22-10-6-14-34-22)24(21-9-5-13-33-21)26(32)28-19-7-3-4-8-19/h5-6,9-15,19,24H,3-4,7-8,16H2,1-2H3,(H,27,31)(H,28,32)/t24-/m1/s1. The summed E-state index contributed by atoms with van der Waals surface area (Å²) in [7, 11) is 0. The first-order valence-corrected chi connectivity index (χ1v) is 12.4. The average Bonchev–Trinajstić information content (AvgIpc) is 3.61. The van der Waals surface area contributed by atoms with Gasteiger partial charge < -0.3 is 15.1 Å². The van der Waals surface area contributed by atoms with Crippen molar-refractivity contribution in [3.05, 3.63) is 75.9 Å². The van der Waals surface area contributed by atoms with Gasteiger partial charge in [-0.15, -0.1) is 11.3 Å². The van der Waals surface area contributed by atoms with Crippen LogP contribution < -0.4 is 15.5 Å². The summed E-state index contributed by atoms with van der Waals surface area (Å²) in [5.41, 5.74) is 2.41. The van der Waals surface area contributed by atoms with Crippen LogP contribution >= 0.6 is 11.3 Å². The number of carbonyl (C=O) groups excluding carboxylic acids is 3. The fraction of sp³-hybridized carbons (Fsp3) is 0.346. The second-order valence-corrected chi connectivity index (χ2v) is 9.57. The molecular weight excluding hydrogens is 450 g/mol. The first kappa shape index (κ1) is 23.8. The fourth-order valence-electron chi connectivity index (χ4n) is 4.30. The molecule has 34 heavy (non-hydrogen) atoms. The predicted molar refractivity (Wildman–Crippen MR) is 132 cm³/mol. The summed E-state index contributed by atoms with van der Waals surface area (Å²) in [5, 5.41) is 7.62. The molecule has 2 aromatic heterocycles. The highest BCUT2D eigenvalue weighted by Gasteiger charge is 2.36. The Bertz CT molecular complexity index is 1140. The van der Waals surface area contributed by atoms with Gasteiger partial charge in [0.15, 0.2) is 6.04 Å². The van der Waals surface area contributed by atoms with E-state index in [0.29, 0.717) is 16.3 Å². The minimum absolute atomic E-state index is 0.0825. The van der Waals surface area contributed by atoms with Gasteiger partial charge in [0.25, 0.3) is 11.8 Å². The number of carbonyl (C=O) groups is 3. The van der Waals surface area contributed by atoms with Gasteiger partial charge in [-0.05, 0) is 67.5 Å². The first-order valence-electron chi connectivity index (χ1n) is 11.5. The van der Waals surface area contributed by atoms with E-state index in [-0.39, 0.29) is 24.4 Å². The van der Waals surface area contributed by atoms with Gasteiger partial charge in [-0.1, -0.05) is 31.0 Å². The van der Waals surface area contributed by atoms with Gasteiger partial charge in [-0.25, -0.2) is 0 Å². The van der Waals surface area contributed by atoms with Crippen molar-refractivity contribution in [2.75, 3.05) is 11.4 Å². The summed E-state index contributed by atoms with van der Waals surface area (Å²) in [5.74, 6) is -0.647. The van der Waals surface area contributed by atoms with E-state index in [9.17, 15) is 14.4 Å². The van der Waals surface area contributed by atoms with E-state index in [2.05, 4.69) is 10.6 Å². The molecule has 0 aliphatic heterocycles. The molecule has 0 bridgehead atoms. The molecule has 1 aliphatic carbocycles. The van der Waals surface area contributed by atoms with Crippen molar-refractivity contribution in [2.24, 2.45) is 0 Å². The normalized spacial score (nSPS) is 14.5. The number of anilines is 1. The quantitative estimate of drug-likeness (QED) is 0.497. The highest BCUT2D eigenvalue weighted by Crippen LogP contribution is 2.32. The lowest BCUT2D eigenvalue weighted by Crippen LogP contribution is -2.49. The topological polar surface area (TPSA) is 91.7 Å². The van der Waals surface area contributed by atoms with Crippen molar-refractivity contribution in [1.82, 2.24) is 10.6 Å². The molecule has 0 saturated heterocycles. The third-order valence-corrected chi connectivity index (χ3v) is 6.93. The van der Waals surface area contributed by atoms with Crippen LogP contribution in [0.5, 0.6) is 0 Å². The monoisotopic (exact) mass is 479 g/mol. The van der Waals surface area contributed by atoms with Gasteiger partial charge in [-0.3, -0.25) is 19.3 Å². The third-order valence-electron chi connectivity index (χ3n) is 6.06. The molecule has 1 saturated carbocycles. The van der Waals surface area contributed by atoms with Crippen LogP contribution in [-0.2, 0) is 9.59 Å². The van der Waals surface area contributed by atoms with E-state index < -0.39 is 11.9 Å². The highest BCUT2D eigenvalue weighted by molar-refractivity contribution is 7.12. The largest absolute Gasteiger partial charge is 0.467 e. The highest BCUT2D eigenvalue weighted by atomic mass is 32.1. The summed E-state index contributed by atoms with van der Waals surface area (Å²) in [6, 6.07) is 11.7. The van der Waals surface area contributed by atoms with Gasteiger partial charge in [0.1, 0.15) is 5.76 Å². The maximum atomic E-state index is 13.7. The average molecular weight is 480 g/mol. The van der Waals surface area contributed by atoms with Gasteiger partial charge in [0.2, 0.25) is 5.91 Å². The number of amides is 3. The Morgan fingerprint density at radius 1 is 1.12 bits per heavy atom. The van der Waals surface area contributed by atoms with Crippen LogP contribution in [0.1, 0.15) is 58.3 Å². The molecule has 4 rings (SSSR count). The first-order chi connectivity index (χ1) is 16.4. The zero-order valence-corrected chi connectivity index (χ0v) is 20.2. The Kier molecular flexibility index (Phi) is 7.47. The minimum atomic E-state index is -0.998. The molecule has 0 unspecified atom stereocenters. The lowest BCUT2D eigenvalue weighted by atomic mass is 10.0. The number of benzene rings is 1. The molecule has 2 N–H and O–H groups in total. The van der Waals surface area contributed by atoms with E-state index >= 15 is 0 Å². The van der Waals surface area contributed by atoms with Crippen molar-refractivity contribution < 1.29 is 18.8 Å². The Morgan fingerprint density at radius 2 is 1.91 bits per heavy atom. The van der Waals surface area contributed by atoms with E-state index in [0.717, 1.165) is 36.8 Å². The van der Waals surface area contributed by atoms with Gasteiger partial charge in [0, 0.05) is 11.7 Å². The molecule has 2 heterocycles. The van der Waals surface area contributed by atoms with Gasteiger partial charge in [-0.2, -0.15) is 0 Å². The summed E-state index contributed by atoms with van der Waals surface area (Å²) in [4.78, 5) is 41.7. The minimum Gasteiger partial charge on any atom is -0.467 e. The smallest absolute Gasteiger partial charge is 0.261 e. The number of furan rings is 1. The van der Waals surface area contributed by atoms with E-state index in [1.54, 1.807) is 29.6 Å². The van der Waals surface area contributed by atoms with Crippen LogP contribution in [0.25, 0.3) is 0 Å². The van der Waals surface area contributed by atoms with E-state index in [1.165, 1.54) is 22.5 Å². The van der Waals surface area contributed by atoms with Crippen molar-refractivity contribution in [1.29, 1.82) is 0 Å². The molecule has 1 fully saturated rings. The summed E-state index contributed by atoms with van der Waals surface area (Å²) in [6.07, 6.45) is 5.49. The molecule has 178 valence electrons. The summed E-state index contributed by atoms with van der Waals surface area (Å²) in [6.45, 7) is 3.58. The van der Waals surface area contributed by atoms with Crippen molar-refractivity contribution in [3.63, 3.8) is 0 Å². The maximum absolute atomic E-state index is 13.7. The maximum Gasteiger partial charge on any atom is 0.261 e. The molecule has 7 nitrogen and oxygen atoms in total. The Hall–Kier alpha value is -3.39. The van der Waals surface area contributed by atoms with E-state index in [1.807, 2.05) is 32.0 Å². The Balaban J connectivity index is 1.68. The molecule has 1 aliphatic rings. The molecule has 0 spiro atoms. The van der Waals surface area contributed by atoms with Crippen molar-refractivity contribution in [2.45, 2.75) is 51.6 Å². The van der Waals surface area contributed by atoms with E-state index in [4.69, 9.17) is 4.42 Å². The Morgan fingerprint density at radius 3 is 2.59 bits per heavy atom. The second kappa shape index (κ2) is 10.7. The SMILES string of the molecule is Cc1ccc(C)c(N(C(=O)CNC(=O)c2cccs2)[C@@H](C(=O)NC2CCCC2)c2ccco2)c1. The number of hydrogen-bond donors (Lipinski definition) is 2. The van der Waals surface area contributed by atoms with Crippen molar-refractivity contribution in [3.8, 4) is 0 Å². The molecule has 8 heteroatoms. The molecule has 3 amide bonds. The molecule has 3 aromatic rings.